The summed E-state index contributed by atoms with van der Waals surface area (Å²) in [7, 11) is 0. The molecule has 0 amide bonds. The third kappa shape index (κ3) is 5.93. The lowest BCUT2D eigenvalue weighted by atomic mass is 10.1. The SMILES string of the molecule is CC1(C)OC[C@H](CCCC(=O)COC[C@H]2COC(C)(C)O2)O1. The average molecular weight is 316 g/mol. The van der Waals surface area contributed by atoms with Crippen LogP contribution in [0.3, 0.4) is 0 Å². The normalized spacial score (nSPS) is 29.8. The van der Waals surface area contributed by atoms with E-state index in [4.69, 9.17) is 23.7 Å². The van der Waals surface area contributed by atoms with Gasteiger partial charge in [0, 0.05) is 6.42 Å². The minimum atomic E-state index is -0.546. The first-order valence-electron chi connectivity index (χ1n) is 7.99. The summed E-state index contributed by atoms with van der Waals surface area (Å²) < 4.78 is 27.7. The fraction of sp³-hybridized carbons (Fsp3) is 0.938. The van der Waals surface area contributed by atoms with Crippen molar-refractivity contribution in [2.45, 2.75) is 70.7 Å². The molecule has 0 aromatic carbocycles. The molecule has 2 heterocycles. The number of rotatable bonds is 8. The highest BCUT2D eigenvalue weighted by Gasteiger charge is 2.33. The summed E-state index contributed by atoms with van der Waals surface area (Å²) in [6, 6.07) is 0. The molecule has 0 N–H and O–H groups in total. The molecule has 2 atom stereocenters. The van der Waals surface area contributed by atoms with Crippen molar-refractivity contribution in [2.24, 2.45) is 0 Å². The molecule has 0 aromatic rings. The maximum Gasteiger partial charge on any atom is 0.163 e. The molecular formula is C16H28O6. The first kappa shape index (κ1) is 17.8. The maximum absolute atomic E-state index is 11.8. The van der Waals surface area contributed by atoms with Gasteiger partial charge in [0.05, 0.1) is 25.9 Å². The van der Waals surface area contributed by atoms with E-state index in [0.29, 0.717) is 26.2 Å². The molecular weight excluding hydrogens is 288 g/mol. The van der Waals surface area contributed by atoms with E-state index in [-0.39, 0.29) is 24.6 Å². The Hall–Kier alpha value is -0.530. The van der Waals surface area contributed by atoms with Gasteiger partial charge in [0.2, 0.25) is 0 Å². The van der Waals surface area contributed by atoms with Crippen molar-refractivity contribution in [3.63, 3.8) is 0 Å². The second-order valence-corrected chi connectivity index (χ2v) is 6.85. The van der Waals surface area contributed by atoms with E-state index >= 15 is 0 Å². The molecule has 2 saturated heterocycles. The standard InChI is InChI=1S/C16H28O6/c1-15(2)19-10-13(21-15)7-5-6-12(17)8-18-9-14-11-20-16(3,4)22-14/h13-14H,5-11H2,1-4H3/t13-,14-/m0/s1. The Labute approximate surface area is 132 Å². The number of hydrogen-bond acceptors (Lipinski definition) is 6. The molecule has 2 aliphatic rings. The van der Waals surface area contributed by atoms with Gasteiger partial charge < -0.3 is 23.7 Å². The van der Waals surface area contributed by atoms with E-state index in [1.807, 2.05) is 27.7 Å². The van der Waals surface area contributed by atoms with Crippen LogP contribution in [0.25, 0.3) is 0 Å². The number of carbonyl (C=O) groups is 1. The third-order valence-corrected chi connectivity index (χ3v) is 3.68. The van der Waals surface area contributed by atoms with E-state index in [2.05, 4.69) is 0 Å². The third-order valence-electron chi connectivity index (χ3n) is 3.68. The van der Waals surface area contributed by atoms with E-state index in [9.17, 15) is 4.79 Å². The van der Waals surface area contributed by atoms with Gasteiger partial charge in [-0.05, 0) is 40.5 Å². The number of ether oxygens (including phenoxy) is 5. The predicted molar refractivity (Wildman–Crippen MR) is 79.5 cm³/mol. The summed E-state index contributed by atoms with van der Waals surface area (Å²) in [6.45, 7) is 9.19. The van der Waals surface area contributed by atoms with Crippen molar-refractivity contribution < 1.29 is 28.5 Å². The summed E-state index contributed by atoms with van der Waals surface area (Å²) in [4.78, 5) is 11.8. The molecule has 0 saturated carbocycles. The lowest BCUT2D eigenvalue weighted by molar-refractivity contribution is -0.146. The Kier molecular flexibility index (Phi) is 5.96. The number of carbonyl (C=O) groups excluding carboxylic acids is 1. The second-order valence-electron chi connectivity index (χ2n) is 6.85. The van der Waals surface area contributed by atoms with Crippen molar-refractivity contribution in [3.8, 4) is 0 Å². The van der Waals surface area contributed by atoms with Crippen LogP contribution in [0.2, 0.25) is 0 Å². The molecule has 2 aliphatic heterocycles. The van der Waals surface area contributed by atoms with Crippen molar-refractivity contribution >= 4 is 5.78 Å². The van der Waals surface area contributed by atoms with Gasteiger partial charge >= 0.3 is 0 Å². The zero-order valence-corrected chi connectivity index (χ0v) is 14.1. The molecule has 0 spiro atoms. The van der Waals surface area contributed by atoms with Crippen LogP contribution in [-0.2, 0) is 28.5 Å². The van der Waals surface area contributed by atoms with E-state index < -0.39 is 11.6 Å². The van der Waals surface area contributed by atoms with E-state index in [1.165, 1.54) is 0 Å². The summed E-state index contributed by atoms with van der Waals surface area (Å²) in [5.74, 6) is -0.930. The van der Waals surface area contributed by atoms with E-state index in [0.717, 1.165) is 12.8 Å². The van der Waals surface area contributed by atoms with Gasteiger partial charge in [0.25, 0.3) is 0 Å². The molecule has 6 heteroatoms. The van der Waals surface area contributed by atoms with Crippen LogP contribution in [0, 0.1) is 0 Å². The van der Waals surface area contributed by atoms with Crippen LogP contribution in [-0.4, -0.2) is 56.0 Å². The highest BCUT2D eigenvalue weighted by Crippen LogP contribution is 2.25. The van der Waals surface area contributed by atoms with Gasteiger partial charge in [0.15, 0.2) is 17.4 Å². The summed E-state index contributed by atoms with van der Waals surface area (Å²) in [5.41, 5.74) is 0. The Bertz CT molecular complexity index is 345. The monoisotopic (exact) mass is 316 g/mol. The van der Waals surface area contributed by atoms with Crippen LogP contribution >= 0.6 is 0 Å². The molecule has 0 aromatic heterocycles. The zero-order chi connectivity index (χ0) is 16.2. The Morgan fingerprint density at radius 3 is 2.18 bits per heavy atom. The van der Waals surface area contributed by atoms with Gasteiger partial charge in [-0.25, -0.2) is 0 Å². The summed E-state index contributed by atoms with van der Waals surface area (Å²) in [5, 5.41) is 0. The molecule has 22 heavy (non-hydrogen) atoms. The topological polar surface area (TPSA) is 63.2 Å². The summed E-state index contributed by atoms with van der Waals surface area (Å²) in [6.07, 6.45) is 2.14. The number of ketones is 1. The molecule has 2 fully saturated rings. The maximum atomic E-state index is 11.8. The van der Waals surface area contributed by atoms with Gasteiger partial charge in [-0.3, -0.25) is 4.79 Å². The largest absolute Gasteiger partial charge is 0.371 e. The minimum absolute atomic E-state index is 0.0888. The molecule has 0 unspecified atom stereocenters. The highest BCUT2D eigenvalue weighted by atomic mass is 16.8. The lowest BCUT2D eigenvalue weighted by Gasteiger charge is -2.17. The minimum Gasteiger partial charge on any atom is -0.371 e. The van der Waals surface area contributed by atoms with Crippen LogP contribution in [0.15, 0.2) is 0 Å². The first-order valence-corrected chi connectivity index (χ1v) is 7.99. The second kappa shape index (κ2) is 7.36. The van der Waals surface area contributed by atoms with Crippen molar-refractivity contribution in [3.05, 3.63) is 0 Å². The number of hydrogen-bond donors (Lipinski definition) is 0. The Morgan fingerprint density at radius 1 is 1.05 bits per heavy atom. The fourth-order valence-electron chi connectivity index (χ4n) is 2.65. The van der Waals surface area contributed by atoms with E-state index in [1.54, 1.807) is 0 Å². The van der Waals surface area contributed by atoms with Gasteiger partial charge in [0.1, 0.15) is 12.7 Å². The van der Waals surface area contributed by atoms with Crippen molar-refractivity contribution in [1.82, 2.24) is 0 Å². The lowest BCUT2D eigenvalue weighted by Crippen LogP contribution is -2.25. The highest BCUT2D eigenvalue weighted by molar-refractivity contribution is 5.79. The molecule has 128 valence electrons. The van der Waals surface area contributed by atoms with Crippen molar-refractivity contribution in [2.75, 3.05) is 26.4 Å². The summed E-state index contributed by atoms with van der Waals surface area (Å²) >= 11 is 0. The first-order chi connectivity index (χ1) is 10.3. The quantitative estimate of drug-likeness (QED) is 0.683. The van der Waals surface area contributed by atoms with Crippen LogP contribution in [0.5, 0.6) is 0 Å². The average Bonchev–Trinajstić information content (AvgIpc) is 2.92. The molecule has 2 rings (SSSR count). The fourth-order valence-corrected chi connectivity index (χ4v) is 2.65. The molecule has 6 nitrogen and oxygen atoms in total. The van der Waals surface area contributed by atoms with Crippen LogP contribution in [0.1, 0.15) is 47.0 Å². The molecule has 0 bridgehead atoms. The molecule has 0 radical (unpaired) electrons. The van der Waals surface area contributed by atoms with Gasteiger partial charge in [-0.2, -0.15) is 0 Å². The Balaban J connectivity index is 1.50. The van der Waals surface area contributed by atoms with Crippen molar-refractivity contribution in [1.29, 1.82) is 0 Å². The van der Waals surface area contributed by atoms with Crippen LogP contribution < -0.4 is 0 Å². The van der Waals surface area contributed by atoms with Crippen LogP contribution in [0.4, 0.5) is 0 Å². The van der Waals surface area contributed by atoms with Gasteiger partial charge in [-0.15, -0.1) is 0 Å². The zero-order valence-electron chi connectivity index (χ0n) is 14.1. The Morgan fingerprint density at radius 2 is 1.64 bits per heavy atom. The van der Waals surface area contributed by atoms with Gasteiger partial charge in [-0.1, -0.05) is 0 Å². The smallest absolute Gasteiger partial charge is 0.163 e. The predicted octanol–water partition coefficient (Wildman–Crippen LogP) is 2.05. The molecule has 0 aliphatic carbocycles. The number of Topliss-reactive ketones (excluding diaryl/α,β-unsaturated/α-hetero) is 1.